The maximum atomic E-state index is 13.3. The van der Waals surface area contributed by atoms with E-state index in [0.29, 0.717) is 12.1 Å². The summed E-state index contributed by atoms with van der Waals surface area (Å²) in [5.74, 6) is -1.29. The largest absolute Gasteiger partial charge is 0.419 e. The molecule has 0 spiro atoms. The lowest BCUT2D eigenvalue weighted by Crippen LogP contribution is -2.09. The van der Waals surface area contributed by atoms with Crippen LogP contribution in [0.1, 0.15) is 71.1 Å². The van der Waals surface area contributed by atoms with Crippen LogP contribution in [0.3, 0.4) is 0 Å². The highest BCUT2D eigenvalue weighted by molar-refractivity contribution is 8.25. The van der Waals surface area contributed by atoms with Gasteiger partial charge in [-0.25, -0.2) is 4.39 Å². The Hall–Kier alpha value is -2.46. The van der Waals surface area contributed by atoms with Crippen LogP contribution in [0.4, 0.5) is 17.6 Å². The Morgan fingerprint density at radius 3 is 2.23 bits per heavy atom. The number of Topliss-reactive ketones (excluding diaryl/α,β-unsaturated/α-hetero) is 1. The first-order valence-electron chi connectivity index (χ1n) is 10.9. The smallest absolute Gasteiger partial charge is 0.370 e. The zero-order valence-corrected chi connectivity index (χ0v) is 21.9. The third-order valence-corrected chi connectivity index (χ3v) is 4.94. The first kappa shape index (κ1) is 32.5. The van der Waals surface area contributed by atoms with Crippen molar-refractivity contribution in [2.75, 3.05) is 0 Å². The molecule has 0 saturated carbocycles. The van der Waals surface area contributed by atoms with Gasteiger partial charge in [0.2, 0.25) is 5.91 Å². The lowest BCUT2D eigenvalue weighted by Gasteiger charge is -2.09. The van der Waals surface area contributed by atoms with Crippen LogP contribution in [0, 0.1) is 5.82 Å². The number of hydrogen-bond donors (Lipinski definition) is 2. The third kappa shape index (κ3) is 15.9. The summed E-state index contributed by atoms with van der Waals surface area (Å²) < 4.78 is 52.2. The number of unbranched alkanes of at least 4 members (excludes halogenated alkanes) is 3. The van der Waals surface area contributed by atoms with Crippen molar-refractivity contribution >= 4 is 45.9 Å². The quantitative estimate of drug-likeness (QED) is 0.206. The molecule has 35 heavy (non-hydrogen) atoms. The summed E-state index contributed by atoms with van der Waals surface area (Å²) in [5, 5.41) is 1.78. The van der Waals surface area contributed by atoms with Crippen molar-refractivity contribution in [3.05, 3.63) is 52.8 Å². The van der Waals surface area contributed by atoms with Gasteiger partial charge >= 0.3 is 6.18 Å². The number of benzene rings is 1. The fourth-order valence-corrected chi connectivity index (χ4v) is 3.09. The normalized spacial score (nSPS) is 10.7. The molecule has 2 rings (SSSR count). The van der Waals surface area contributed by atoms with Crippen molar-refractivity contribution in [1.82, 2.24) is 4.98 Å². The number of thiocarbonyl (C=S) groups is 1. The SMILES string of the molecule is CC(=S)S/C=C/c1ccc(-c2ccc(F)c(C(F)(F)F)c2)[nH]1.CC(C)=O.CCCCCCC(N)=O. The van der Waals surface area contributed by atoms with E-state index in [1.807, 2.05) is 0 Å². The Labute approximate surface area is 213 Å². The monoisotopic (exact) mass is 532 g/mol. The average Bonchev–Trinajstić information content (AvgIpc) is 3.19. The van der Waals surface area contributed by atoms with E-state index in [4.69, 9.17) is 18.0 Å². The van der Waals surface area contributed by atoms with E-state index in [9.17, 15) is 27.2 Å². The molecule has 0 aliphatic carbocycles. The third-order valence-electron chi connectivity index (χ3n) is 4.05. The first-order valence-corrected chi connectivity index (χ1v) is 12.2. The average molecular weight is 533 g/mol. The van der Waals surface area contributed by atoms with Gasteiger partial charge in [-0.05, 0) is 74.6 Å². The van der Waals surface area contributed by atoms with Crippen molar-refractivity contribution in [2.24, 2.45) is 5.73 Å². The predicted molar refractivity (Wildman–Crippen MR) is 140 cm³/mol. The number of alkyl halides is 3. The molecule has 0 radical (unpaired) electrons. The second-order valence-corrected chi connectivity index (χ2v) is 9.61. The summed E-state index contributed by atoms with van der Waals surface area (Å²) in [6, 6.07) is 6.29. The number of aromatic nitrogens is 1. The number of hydrogen-bond acceptors (Lipinski definition) is 4. The number of primary amides is 1. The number of carbonyl (C=O) groups excluding carboxylic acids is 2. The molecule has 0 fully saturated rings. The molecule has 0 saturated heterocycles. The van der Waals surface area contributed by atoms with E-state index in [1.165, 1.54) is 44.5 Å². The highest BCUT2D eigenvalue weighted by Crippen LogP contribution is 2.34. The molecule has 1 aromatic heterocycles. The topological polar surface area (TPSA) is 75.9 Å². The molecular formula is C25H32F4N2O2S2. The van der Waals surface area contributed by atoms with E-state index < -0.39 is 17.6 Å². The lowest BCUT2D eigenvalue weighted by atomic mass is 10.1. The van der Waals surface area contributed by atoms with Gasteiger partial charge in [0.1, 0.15) is 11.6 Å². The van der Waals surface area contributed by atoms with E-state index in [2.05, 4.69) is 11.9 Å². The van der Waals surface area contributed by atoms with Gasteiger partial charge in [0.05, 0.1) is 5.56 Å². The second kappa shape index (κ2) is 17.0. The first-order chi connectivity index (χ1) is 16.3. The van der Waals surface area contributed by atoms with Crippen LogP contribution in [0.25, 0.3) is 17.3 Å². The van der Waals surface area contributed by atoms with Crippen molar-refractivity contribution in [1.29, 1.82) is 0 Å². The Bertz CT molecular complexity index is 982. The number of aromatic amines is 1. The molecule has 0 unspecified atom stereocenters. The number of nitrogens with two attached hydrogens (primary N) is 1. The molecule has 4 nitrogen and oxygen atoms in total. The minimum absolute atomic E-state index is 0.167. The van der Waals surface area contributed by atoms with Gasteiger partial charge in [0.15, 0.2) is 0 Å². The van der Waals surface area contributed by atoms with E-state index >= 15 is 0 Å². The number of rotatable bonds is 8. The van der Waals surface area contributed by atoms with Crippen molar-refractivity contribution in [3.8, 4) is 11.3 Å². The van der Waals surface area contributed by atoms with Crippen LogP contribution < -0.4 is 5.73 Å². The summed E-state index contributed by atoms with van der Waals surface area (Å²) in [4.78, 5) is 22.6. The standard InChI is InChI=1S/C15H11F4NS2.C7H15NO.C3H6O/c1-9(21)22-7-6-11-3-5-14(20-11)10-2-4-13(16)12(8-10)15(17,18)19;1-2-3-4-5-6-7(8)9;1-3(2)4/h2-8,20H,1H3;2-6H2,1H3,(H2,8,9);1-2H3/b7-6+;;. The second-order valence-electron chi connectivity index (χ2n) is 7.62. The number of nitrogens with one attached hydrogen (secondary N) is 1. The predicted octanol–water partition coefficient (Wildman–Crippen LogP) is 7.93. The van der Waals surface area contributed by atoms with Gasteiger partial charge in [-0.2, -0.15) is 13.2 Å². The molecule has 1 aromatic carbocycles. The number of halogens is 4. The molecule has 0 bridgehead atoms. The summed E-state index contributed by atoms with van der Waals surface area (Å²) in [6.45, 7) is 6.99. The van der Waals surface area contributed by atoms with E-state index in [1.54, 1.807) is 30.5 Å². The molecule has 0 aliphatic rings. The van der Waals surface area contributed by atoms with E-state index in [-0.39, 0.29) is 17.3 Å². The summed E-state index contributed by atoms with van der Waals surface area (Å²) in [6.07, 6.45) is 2.12. The number of carbonyl (C=O) groups is 2. The van der Waals surface area contributed by atoms with Crippen LogP contribution >= 0.6 is 24.0 Å². The summed E-state index contributed by atoms with van der Waals surface area (Å²) >= 11 is 6.29. The maximum absolute atomic E-state index is 13.3. The Morgan fingerprint density at radius 2 is 1.71 bits per heavy atom. The van der Waals surface area contributed by atoms with Gasteiger partial charge in [-0.15, -0.1) is 0 Å². The van der Waals surface area contributed by atoms with Crippen molar-refractivity contribution in [3.63, 3.8) is 0 Å². The molecule has 1 amide bonds. The molecular weight excluding hydrogens is 500 g/mol. The zero-order chi connectivity index (χ0) is 27.0. The van der Waals surface area contributed by atoms with Gasteiger partial charge in [0, 0.05) is 22.0 Å². The van der Waals surface area contributed by atoms with Gasteiger partial charge in [-0.1, -0.05) is 50.2 Å². The number of ketones is 1. The highest BCUT2D eigenvalue weighted by atomic mass is 32.2. The molecule has 10 heteroatoms. The summed E-state index contributed by atoms with van der Waals surface area (Å²) in [7, 11) is 0. The number of amides is 1. The maximum Gasteiger partial charge on any atom is 0.419 e. The highest BCUT2D eigenvalue weighted by Gasteiger charge is 2.34. The molecule has 3 N–H and O–H groups in total. The minimum Gasteiger partial charge on any atom is -0.370 e. The Kier molecular flexibility index (Phi) is 15.8. The van der Waals surface area contributed by atoms with E-state index in [0.717, 1.165) is 34.9 Å². The van der Waals surface area contributed by atoms with Crippen molar-refractivity contribution < 1.29 is 27.2 Å². The summed E-state index contributed by atoms with van der Waals surface area (Å²) in [5.41, 5.74) is 5.13. The van der Waals surface area contributed by atoms with Crippen molar-refractivity contribution in [2.45, 2.75) is 66.0 Å². The van der Waals surface area contributed by atoms with Crippen LogP contribution in [0.15, 0.2) is 35.7 Å². The van der Waals surface area contributed by atoms with Gasteiger partial charge < -0.3 is 15.5 Å². The fraction of sp³-hybridized carbons (Fsp3) is 0.400. The Balaban J connectivity index is 0.000000739. The molecule has 2 aromatic rings. The van der Waals surface area contributed by atoms with Crippen LogP contribution in [-0.4, -0.2) is 20.9 Å². The molecule has 0 aliphatic heterocycles. The fourth-order valence-electron chi connectivity index (χ4n) is 2.52. The van der Waals surface area contributed by atoms with Crippen LogP contribution in [0.2, 0.25) is 0 Å². The molecule has 194 valence electrons. The Morgan fingerprint density at radius 1 is 1.09 bits per heavy atom. The lowest BCUT2D eigenvalue weighted by molar-refractivity contribution is -0.140. The van der Waals surface area contributed by atoms with Crippen LogP contribution in [0.5, 0.6) is 0 Å². The zero-order valence-electron chi connectivity index (χ0n) is 20.3. The number of H-pyrrole nitrogens is 1. The van der Waals surface area contributed by atoms with Crippen LogP contribution in [-0.2, 0) is 15.8 Å². The molecule has 0 atom stereocenters. The van der Waals surface area contributed by atoms with Gasteiger partial charge in [-0.3, -0.25) is 4.79 Å². The van der Waals surface area contributed by atoms with Gasteiger partial charge in [0.25, 0.3) is 0 Å². The molecule has 1 heterocycles. The number of thioether (sulfide) groups is 1. The minimum atomic E-state index is -4.72.